The number of ether oxygens (including phenoxy) is 2. The molecule has 1 N–H and O–H groups in total. The standard InChI is InChI=1S/C25H36N2O2/c1-19-18-27(3)20(2)16-25(19,22-9-7-6-8-10-22)13-14-26-17-21-11-12-23(28-4)24(15-21)29-5/h6-12,15,19-20,26H,13-14,16-18H2,1-5H3/t19-,20-,25+/m1/s1. The molecule has 29 heavy (non-hydrogen) atoms. The van der Waals surface area contributed by atoms with Gasteiger partial charge in [0, 0.05) is 24.5 Å². The van der Waals surface area contributed by atoms with E-state index in [1.54, 1.807) is 14.2 Å². The minimum atomic E-state index is 0.220. The van der Waals surface area contributed by atoms with Gasteiger partial charge in [0.05, 0.1) is 14.2 Å². The molecule has 3 atom stereocenters. The first kappa shape index (κ1) is 21.7. The summed E-state index contributed by atoms with van der Waals surface area (Å²) in [7, 11) is 5.61. The molecule has 0 unspecified atom stereocenters. The quantitative estimate of drug-likeness (QED) is 0.667. The van der Waals surface area contributed by atoms with E-state index < -0.39 is 0 Å². The molecule has 1 fully saturated rings. The third kappa shape index (κ3) is 4.76. The number of hydrogen-bond donors (Lipinski definition) is 1. The highest BCUT2D eigenvalue weighted by Crippen LogP contribution is 2.44. The van der Waals surface area contributed by atoms with Crippen LogP contribution in [0, 0.1) is 5.92 Å². The monoisotopic (exact) mass is 396 g/mol. The molecule has 0 radical (unpaired) electrons. The highest BCUT2D eigenvalue weighted by atomic mass is 16.5. The maximum absolute atomic E-state index is 5.43. The number of piperidine rings is 1. The Hall–Kier alpha value is -2.04. The number of nitrogens with zero attached hydrogens (tertiary/aromatic N) is 1. The van der Waals surface area contributed by atoms with Crippen molar-refractivity contribution in [3.8, 4) is 11.5 Å². The minimum absolute atomic E-state index is 0.220. The number of likely N-dealkylation sites (tertiary alicyclic amines) is 1. The fourth-order valence-corrected chi connectivity index (χ4v) is 4.87. The van der Waals surface area contributed by atoms with E-state index in [1.165, 1.54) is 17.5 Å². The molecule has 1 aliphatic rings. The third-order valence-electron chi connectivity index (χ3n) is 6.79. The van der Waals surface area contributed by atoms with Gasteiger partial charge in [-0.3, -0.25) is 0 Å². The summed E-state index contributed by atoms with van der Waals surface area (Å²) in [5, 5.41) is 3.67. The largest absolute Gasteiger partial charge is 0.493 e. The number of methoxy groups -OCH3 is 2. The summed E-state index contributed by atoms with van der Waals surface area (Å²) in [6.45, 7) is 7.75. The van der Waals surface area contributed by atoms with Crippen LogP contribution >= 0.6 is 0 Å². The highest BCUT2D eigenvalue weighted by Gasteiger charge is 2.43. The Kier molecular flexibility index (Phi) is 7.20. The first-order chi connectivity index (χ1) is 14.0. The van der Waals surface area contributed by atoms with Crippen LogP contribution in [0.25, 0.3) is 0 Å². The van der Waals surface area contributed by atoms with Crippen molar-refractivity contribution in [2.75, 3.05) is 34.4 Å². The zero-order valence-electron chi connectivity index (χ0n) is 18.6. The van der Waals surface area contributed by atoms with Crippen molar-refractivity contribution in [3.05, 3.63) is 59.7 Å². The summed E-state index contributed by atoms with van der Waals surface area (Å²) >= 11 is 0. The van der Waals surface area contributed by atoms with Crippen LogP contribution in [-0.2, 0) is 12.0 Å². The molecule has 4 nitrogen and oxygen atoms in total. The lowest BCUT2D eigenvalue weighted by Crippen LogP contribution is -2.52. The third-order valence-corrected chi connectivity index (χ3v) is 6.79. The van der Waals surface area contributed by atoms with Gasteiger partial charge in [-0.15, -0.1) is 0 Å². The average Bonchev–Trinajstić information content (AvgIpc) is 2.75. The van der Waals surface area contributed by atoms with Crippen molar-refractivity contribution in [3.63, 3.8) is 0 Å². The predicted molar refractivity (Wildman–Crippen MR) is 120 cm³/mol. The fourth-order valence-electron chi connectivity index (χ4n) is 4.87. The van der Waals surface area contributed by atoms with Crippen LogP contribution in [0.15, 0.2) is 48.5 Å². The first-order valence-electron chi connectivity index (χ1n) is 10.7. The molecule has 0 bridgehead atoms. The number of hydrogen-bond acceptors (Lipinski definition) is 4. The second kappa shape index (κ2) is 9.64. The molecule has 2 aromatic carbocycles. The molecule has 1 saturated heterocycles. The lowest BCUT2D eigenvalue weighted by molar-refractivity contribution is 0.0689. The summed E-state index contributed by atoms with van der Waals surface area (Å²) < 4.78 is 10.8. The van der Waals surface area contributed by atoms with Gasteiger partial charge in [-0.2, -0.15) is 0 Å². The summed E-state index contributed by atoms with van der Waals surface area (Å²) in [5.74, 6) is 2.17. The van der Waals surface area contributed by atoms with Gasteiger partial charge in [0.1, 0.15) is 0 Å². The molecule has 0 spiro atoms. The van der Waals surface area contributed by atoms with Gasteiger partial charge in [-0.25, -0.2) is 0 Å². The van der Waals surface area contributed by atoms with Crippen molar-refractivity contribution in [2.24, 2.45) is 5.92 Å². The van der Waals surface area contributed by atoms with E-state index in [4.69, 9.17) is 9.47 Å². The second-order valence-electron chi connectivity index (χ2n) is 8.53. The first-order valence-corrected chi connectivity index (χ1v) is 10.7. The maximum atomic E-state index is 5.43. The Balaban J connectivity index is 1.69. The van der Waals surface area contributed by atoms with Crippen LogP contribution in [0.2, 0.25) is 0 Å². The van der Waals surface area contributed by atoms with Crippen LogP contribution in [0.5, 0.6) is 11.5 Å². The Morgan fingerprint density at radius 3 is 2.45 bits per heavy atom. The van der Waals surface area contributed by atoms with Gasteiger partial charge < -0.3 is 19.7 Å². The topological polar surface area (TPSA) is 33.7 Å². The highest BCUT2D eigenvalue weighted by molar-refractivity contribution is 5.42. The molecule has 4 heteroatoms. The summed E-state index contributed by atoms with van der Waals surface area (Å²) in [6.07, 6.45) is 2.34. The zero-order valence-corrected chi connectivity index (χ0v) is 18.6. The van der Waals surface area contributed by atoms with Crippen molar-refractivity contribution in [2.45, 2.75) is 44.7 Å². The molecular formula is C25H36N2O2. The van der Waals surface area contributed by atoms with Crippen LogP contribution in [-0.4, -0.2) is 45.3 Å². The van der Waals surface area contributed by atoms with Gasteiger partial charge in [-0.05, 0) is 62.5 Å². The van der Waals surface area contributed by atoms with Crippen molar-refractivity contribution in [1.29, 1.82) is 0 Å². The van der Waals surface area contributed by atoms with Gasteiger partial charge >= 0.3 is 0 Å². The Morgan fingerprint density at radius 2 is 1.76 bits per heavy atom. The predicted octanol–water partition coefficient (Wildman–Crippen LogP) is 4.48. The smallest absolute Gasteiger partial charge is 0.161 e. The van der Waals surface area contributed by atoms with E-state index in [2.05, 4.69) is 73.6 Å². The lowest BCUT2D eigenvalue weighted by Gasteiger charge is -2.50. The van der Waals surface area contributed by atoms with Crippen molar-refractivity contribution >= 4 is 0 Å². The minimum Gasteiger partial charge on any atom is -0.493 e. The van der Waals surface area contributed by atoms with E-state index in [0.717, 1.165) is 37.6 Å². The van der Waals surface area contributed by atoms with Gasteiger partial charge in [0.2, 0.25) is 0 Å². The van der Waals surface area contributed by atoms with Crippen molar-refractivity contribution in [1.82, 2.24) is 10.2 Å². The number of rotatable bonds is 8. The fraction of sp³-hybridized carbons (Fsp3) is 0.520. The maximum Gasteiger partial charge on any atom is 0.161 e. The molecule has 0 aromatic heterocycles. The number of nitrogens with one attached hydrogen (secondary N) is 1. The van der Waals surface area contributed by atoms with E-state index in [-0.39, 0.29) is 5.41 Å². The van der Waals surface area contributed by atoms with Crippen molar-refractivity contribution < 1.29 is 9.47 Å². The molecule has 1 heterocycles. The number of benzene rings is 2. The molecule has 0 amide bonds. The summed E-state index contributed by atoms with van der Waals surface area (Å²) in [5.41, 5.74) is 2.92. The van der Waals surface area contributed by atoms with E-state index >= 15 is 0 Å². The average molecular weight is 397 g/mol. The Morgan fingerprint density at radius 1 is 1.03 bits per heavy atom. The van der Waals surface area contributed by atoms with Gasteiger partial charge in [0.25, 0.3) is 0 Å². The van der Waals surface area contributed by atoms with E-state index in [9.17, 15) is 0 Å². The molecule has 2 aromatic rings. The molecule has 3 rings (SSSR count). The van der Waals surface area contributed by atoms with Gasteiger partial charge in [0.15, 0.2) is 11.5 Å². The van der Waals surface area contributed by atoms with Crippen LogP contribution in [0.3, 0.4) is 0 Å². The summed E-state index contributed by atoms with van der Waals surface area (Å²) in [6, 6.07) is 17.9. The van der Waals surface area contributed by atoms with Crippen LogP contribution < -0.4 is 14.8 Å². The zero-order chi connectivity index (χ0) is 20.9. The van der Waals surface area contributed by atoms with Crippen LogP contribution in [0.1, 0.15) is 37.8 Å². The van der Waals surface area contributed by atoms with Gasteiger partial charge in [-0.1, -0.05) is 43.3 Å². The normalized spacial score (nSPS) is 25.0. The Bertz CT molecular complexity index is 780. The van der Waals surface area contributed by atoms with E-state index in [1.807, 2.05) is 6.07 Å². The molecule has 158 valence electrons. The second-order valence-corrected chi connectivity index (χ2v) is 8.53. The Labute approximate surface area is 176 Å². The molecule has 0 aliphatic carbocycles. The SMILES string of the molecule is COc1ccc(CNCC[C@]2(c3ccccc3)C[C@@H](C)N(C)C[C@H]2C)cc1OC. The van der Waals surface area contributed by atoms with Crippen LogP contribution in [0.4, 0.5) is 0 Å². The summed E-state index contributed by atoms with van der Waals surface area (Å²) in [4.78, 5) is 2.50. The van der Waals surface area contributed by atoms with E-state index in [0.29, 0.717) is 12.0 Å². The lowest BCUT2D eigenvalue weighted by atomic mass is 9.63. The molecule has 0 saturated carbocycles. The molecule has 1 aliphatic heterocycles. The molecular weight excluding hydrogens is 360 g/mol.